The summed E-state index contributed by atoms with van der Waals surface area (Å²) in [5, 5.41) is 3.44. The van der Waals surface area contributed by atoms with Crippen LogP contribution in [0.15, 0.2) is 36.7 Å². The third-order valence-electron chi connectivity index (χ3n) is 5.32. The van der Waals surface area contributed by atoms with Crippen LogP contribution in [0.25, 0.3) is 0 Å². The van der Waals surface area contributed by atoms with Crippen LogP contribution in [-0.4, -0.2) is 55.5 Å². The lowest BCUT2D eigenvalue weighted by Crippen LogP contribution is -2.43. The fraction of sp³-hybridized carbons (Fsp3) is 0.524. The Bertz CT molecular complexity index is 747. The third-order valence-corrected chi connectivity index (χ3v) is 5.32. The van der Waals surface area contributed by atoms with E-state index in [1.165, 1.54) is 5.56 Å². The van der Waals surface area contributed by atoms with Crippen molar-refractivity contribution < 1.29 is 14.2 Å². The van der Waals surface area contributed by atoms with E-state index in [2.05, 4.69) is 21.3 Å². The van der Waals surface area contributed by atoms with E-state index < -0.39 is 0 Å². The van der Waals surface area contributed by atoms with Crippen LogP contribution in [0, 0.1) is 0 Å². The second kappa shape index (κ2) is 9.21. The number of methoxy groups -OCH3 is 1. The van der Waals surface area contributed by atoms with Gasteiger partial charge in [-0.2, -0.15) is 4.98 Å². The highest BCUT2D eigenvalue weighted by atomic mass is 16.6. The van der Waals surface area contributed by atoms with Gasteiger partial charge in [0.05, 0.1) is 20.3 Å². The lowest BCUT2D eigenvalue weighted by molar-refractivity contribution is 0.135. The quantitative estimate of drug-likeness (QED) is 0.786. The summed E-state index contributed by atoms with van der Waals surface area (Å²) in [7, 11) is 1.65. The average molecular weight is 384 g/mol. The van der Waals surface area contributed by atoms with Crippen molar-refractivity contribution in [2.24, 2.45) is 0 Å². The fourth-order valence-corrected chi connectivity index (χ4v) is 3.79. The summed E-state index contributed by atoms with van der Waals surface area (Å²) in [6.07, 6.45) is 6.80. The minimum absolute atomic E-state index is 0.0299. The van der Waals surface area contributed by atoms with Crippen LogP contribution >= 0.6 is 0 Å². The maximum atomic E-state index is 6.11. The van der Waals surface area contributed by atoms with Crippen molar-refractivity contribution in [1.82, 2.24) is 15.3 Å². The predicted octanol–water partition coefficient (Wildman–Crippen LogP) is 2.41. The molecule has 0 spiro atoms. The molecule has 0 aromatic carbocycles. The maximum Gasteiger partial charge on any atom is 0.259 e. The number of rotatable bonds is 7. The van der Waals surface area contributed by atoms with Gasteiger partial charge in [-0.25, -0.2) is 0 Å². The molecule has 0 aliphatic carbocycles. The first-order chi connectivity index (χ1) is 13.8. The van der Waals surface area contributed by atoms with Gasteiger partial charge in [0.25, 0.3) is 5.88 Å². The zero-order chi connectivity index (χ0) is 19.2. The topological polar surface area (TPSA) is 68.7 Å². The molecule has 2 aromatic heterocycles. The van der Waals surface area contributed by atoms with Crippen molar-refractivity contribution >= 4 is 5.82 Å². The Hall–Kier alpha value is -2.38. The molecule has 0 bridgehead atoms. The third kappa shape index (κ3) is 4.54. The Morgan fingerprint density at radius 1 is 1.21 bits per heavy atom. The molecular weight excluding hydrogens is 356 g/mol. The van der Waals surface area contributed by atoms with Crippen molar-refractivity contribution in [3.63, 3.8) is 0 Å². The molecule has 7 heteroatoms. The van der Waals surface area contributed by atoms with Gasteiger partial charge in [-0.05, 0) is 49.7 Å². The summed E-state index contributed by atoms with van der Waals surface area (Å²) in [6, 6.07) is 8.48. The van der Waals surface area contributed by atoms with Crippen LogP contribution in [0.2, 0.25) is 0 Å². The Labute approximate surface area is 166 Å². The standard InChI is InChI=1S/C21H28N4O3/c1-26-19-4-5-20(24-21(19)28-18-8-12-27-15-18)25(17-6-10-22-11-7-17)14-16-3-2-9-23-13-16/h2-5,9,13,17-18,22H,6-8,10-12,14-15H2,1H3/t18-/m1/s1. The normalized spacial score (nSPS) is 20.1. The minimum Gasteiger partial charge on any atom is -0.491 e. The Balaban J connectivity index is 1.62. The summed E-state index contributed by atoms with van der Waals surface area (Å²) >= 11 is 0. The summed E-state index contributed by atoms with van der Waals surface area (Å²) in [6.45, 7) is 4.14. The molecule has 28 heavy (non-hydrogen) atoms. The molecule has 4 rings (SSSR count). The summed E-state index contributed by atoms with van der Waals surface area (Å²) < 4.78 is 17.0. The van der Waals surface area contributed by atoms with Gasteiger partial charge in [0.2, 0.25) is 0 Å². The van der Waals surface area contributed by atoms with Crippen molar-refractivity contribution in [1.29, 1.82) is 0 Å². The fourth-order valence-electron chi connectivity index (χ4n) is 3.79. The average Bonchev–Trinajstić information content (AvgIpc) is 3.26. The molecule has 0 radical (unpaired) electrons. The lowest BCUT2D eigenvalue weighted by Gasteiger charge is -2.36. The molecule has 2 aliphatic heterocycles. The van der Waals surface area contributed by atoms with Gasteiger partial charge in [0.1, 0.15) is 11.9 Å². The van der Waals surface area contributed by atoms with Crippen LogP contribution in [0.1, 0.15) is 24.8 Å². The van der Waals surface area contributed by atoms with Gasteiger partial charge >= 0.3 is 0 Å². The first kappa shape index (κ1) is 19.0. The van der Waals surface area contributed by atoms with Gasteiger partial charge in [-0.1, -0.05) is 6.07 Å². The SMILES string of the molecule is COc1ccc(N(Cc2cccnc2)C2CCNCC2)nc1O[C@@H]1CCOC1. The Morgan fingerprint density at radius 2 is 2.11 bits per heavy atom. The maximum absolute atomic E-state index is 6.11. The van der Waals surface area contributed by atoms with Gasteiger partial charge in [-0.15, -0.1) is 0 Å². The number of piperidine rings is 1. The van der Waals surface area contributed by atoms with E-state index in [-0.39, 0.29) is 6.10 Å². The van der Waals surface area contributed by atoms with E-state index in [1.54, 1.807) is 13.3 Å². The van der Waals surface area contributed by atoms with E-state index in [0.717, 1.165) is 51.3 Å². The van der Waals surface area contributed by atoms with E-state index in [9.17, 15) is 0 Å². The number of nitrogens with zero attached hydrogens (tertiary/aromatic N) is 3. The van der Waals surface area contributed by atoms with Crippen LogP contribution in [0.4, 0.5) is 5.82 Å². The number of anilines is 1. The van der Waals surface area contributed by atoms with Gasteiger partial charge < -0.3 is 24.4 Å². The second-order valence-corrected chi connectivity index (χ2v) is 7.25. The zero-order valence-electron chi connectivity index (χ0n) is 16.3. The van der Waals surface area contributed by atoms with E-state index in [4.69, 9.17) is 19.2 Å². The summed E-state index contributed by atoms with van der Waals surface area (Å²) in [5.74, 6) is 2.10. The molecule has 150 valence electrons. The number of pyridine rings is 2. The van der Waals surface area contributed by atoms with Crippen LogP contribution < -0.4 is 19.7 Å². The van der Waals surface area contributed by atoms with Crippen molar-refractivity contribution in [3.05, 3.63) is 42.2 Å². The summed E-state index contributed by atoms with van der Waals surface area (Å²) in [5.41, 5.74) is 1.17. The smallest absolute Gasteiger partial charge is 0.259 e. The lowest BCUT2D eigenvalue weighted by atomic mass is 10.0. The highest BCUT2D eigenvalue weighted by Gasteiger charge is 2.25. The van der Waals surface area contributed by atoms with Gasteiger partial charge in [0.15, 0.2) is 5.75 Å². The van der Waals surface area contributed by atoms with Crippen LogP contribution in [-0.2, 0) is 11.3 Å². The zero-order valence-corrected chi connectivity index (χ0v) is 16.3. The molecule has 0 saturated carbocycles. The molecule has 7 nitrogen and oxygen atoms in total. The highest BCUT2D eigenvalue weighted by molar-refractivity contribution is 5.48. The molecule has 2 fully saturated rings. The Morgan fingerprint density at radius 3 is 2.82 bits per heavy atom. The molecule has 4 heterocycles. The molecule has 2 aliphatic rings. The first-order valence-electron chi connectivity index (χ1n) is 9.99. The minimum atomic E-state index is 0.0299. The predicted molar refractivity (Wildman–Crippen MR) is 107 cm³/mol. The Kier molecular flexibility index (Phi) is 6.24. The van der Waals surface area contributed by atoms with Crippen molar-refractivity contribution in [2.45, 2.75) is 38.0 Å². The van der Waals surface area contributed by atoms with E-state index in [1.807, 2.05) is 24.4 Å². The molecule has 0 unspecified atom stereocenters. The van der Waals surface area contributed by atoms with Crippen molar-refractivity contribution in [3.8, 4) is 11.6 Å². The molecule has 2 saturated heterocycles. The molecule has 2 aromatic rings. The van der Waals surface area contributed by atoms with Crippen molar-refractivity contribution in [2.75, 3.05) is 38.3 Å². The first-order valence-corrected chi connectivity index (χ1v) is 9.99. The molecule has 0 amide bonds. The highest BCUT2D eigenvalue weighted by Crippen LogP contribution is 2.32. The molecule has 1 N–H and O–H groups in total. The van der Waals surface area contributed by atoms with Crippen LogP contribution in [0.3, 0.4) is 0 Å². The van der Waals surface area contributed by atoms with Gasteiger partial charge in [-0.3, -0.25) is 4.98 Å². The number of aromatic nitrogens is 2. The van der Waals surface area contributed by atoms with E-state index in [0.29, 0.717) is 24.3 Å². The monoisotopic (exact) mass is 384 g/mol. The number of ether oxygens (including phenoxy) is 3. The number of hydrogen-bond donors (Lipinski definition) is 1. The number of nitrogens with one attached hydrogen (secondary N) is 1. The van der Waals surface area contributed by atoms with Crippen LogP contribution in [0.5, 0.6) is 11.6 Å². The van der Waals surface area contributed by atoms with E-state index >= 15 is 0 Å². The largest absolute Gasteiger partial charge is 0.491 e. The van der Waals surface area contributed by atoms with Gasteiger partial charge in [0, 0.05) is 31.4 Å². The molecular formula is C21H28N4O3. The summed E-state index contributed by atoms with van der Waals surface area (Å²) in [4.78, 5) is 11.5. The number of hydrogen-bond acceptors (Lipinski definition) is 7. The second-order valence-electron chi connectivity index (χ2n) is 7.25. The molecule has 1 atom stereocenters.